The van der Waals surface area contributed by atoms with E-state index < -0.39 is 0 Å². The Labute approximate surface area is 185 Å². The fourth-order valence-electron chi connectivity index (χ4n) is 3.70. The zero-order valence-corrected chi connectivity index (χ0v) is 18.6. The van der Waals surface area contributed by atoms with Gasteiger partial charge in [0.2, 0.25) is 5.91 Å². The van der Waals surface area contributed by atoms with Crippen molar-refractivity contribution in [3.05, 3.63) is 64.6 Å². The summed E-state index contributed by atoms with van der Waals surface area (Å²) in [5.41, 5.74) is 3.06. The number of carbonyl (C=O) groups excluding carboxylic acids is 1. The molecule has 2 aromatic carbocycles. The van der Waals surface area contributed by atoms with Crippen molar-refractivity contribution < 1.29 is 9.53 Å². The molecule has 4 rings (SSSR count). The summed E-state index contributed by atoms with van der Waals surface area (Å²) in [6.07, 6.45) is 1.35. The zero-order chi connectivity index (χ0) is 20.9. The molecule has 0 saturated carbocycles. The van der Waals surface area contributed by atoms with Crippen LogP contribution in [0.2, 0.25) is 0 Å². The smallest absolute Gasteiger partial charge is 0.227 e. The second-order valence-corrected chi connectivity index (χ2v) is 8.21. The molecule has 1 fully saturated rings. The van der Waals surface area contributed by atoms with E-state index in [9.17, 15) is 4.79 Å². The molecule has 1 aromatic heterocycles. The minimum Gasteiger partial charge on any atom is -0.497 e. The molecule has 0 radical (unpaired) electrons. The number of amides is 1. The first kappa shape index (κ1) is 20.5. The Morgan fingerprint density at radius 2 is 1.90 bits per heavy atom. The van der Waals surface area contributed by atoms with Gasteiger partial charge in [-0.1, -0.05) is 34.1 Å². The van der Waals surface area contributed by atoms with Crippen LogP contribution in [0.1, 0.15) is 12.0 Å². The van der Waals surface area contributed by atoms with E-state index in [0.29, 0.717) is 13.0 Å². The zero-order valence-electron chi connectivity index (χ0n) is 17.0. The van der Waals surface area contributed by atoms with E-state index in [1.165, 1.54) is 0 Å². The minimum absolute atomic E-state index is 0.171. The van der Waals surface area contributed by atoms with Crippen LogP contribution in [0.4, 0.5) is 5.82 Å². The number of hydrogen-bond donors (Lipinski definition) is 1. The fraction of sp³-hybridized carbons (Fsp3) is 0.304. The van der Waals surface area contributed by atoms with Crippen LogP contribution in [0.25, 0.3) is 11.3 Å². The maximum Gasteiger partial charge on any atom is 0.227 e. The minimum atomic E-state index is 0.171. The predicted molar refractivity (Wildman–Crippen MR) is 122 cm³/mol. The number of methoxy groups -OCH3 is 1. The van der Waals surface area contributed by atoms with Gasteiger partial charge in [-0.15, -0.1) is 0 Å². The third kappa shape index (κ3) is 4.67. The lowest BCUT2D eigenvalue weighted by molar-refractivity contribution is -0.130. The van der Waals surface area contributed by atoms with Crippen LogP contribution in [0.5, 0.6) is 5.75 Å². The van der Waals surface area contributed by atoms with Gasteiger partial charge in [0.15, 0.2) is 5.82 Å². The van der Waals surface area contributed by atoms with Crippen LogP contribution in [-0.2, 0) is 11.2 Å². The maximum atomic E-state index is 12.8. The highest BCUT2D eigenvalue weighted by atomic mass is 79.9. The molecular weight excluding hydrogens is 444 g/mol. The summed E-state index contributed by atoms with van der Waals surface area (Å²) >= 11 is 3.54. The summed E-state index contributed by atoms with van der Waals surface area (Å²) in [5, 5.41) is 7.64. The first-order chi connectivity index (χ1) is 14.6. The van der Waals surface area contributed by atoms with Gasteiger partial charge in [0.1, 0.15) is 5.75 Å². The molecule has 7 heteroatoms. The summed E-state index contributed by atoms with van der Waals surface area (Å²) in [6.45, 7) is 3.13. The number of aromatic amines is 1. The predicted octanol–water partition coefficient (Wildman–Crippen LogP) is 4.13. The van der Waals surface area contributed by atoms with Crippen molar-refractivity contribution >= 4 is 27.7 Å². The quantitative estimate of drug-likeness (QED) is 0.611. The van der Waals surface area contributed by atoms with Crippen molar-refractivity contribution in [3.8, 4) is 17.0 Å². The molecule has 2 heterocycles. The van der Waals surface area contributed by atoms with E-state index in [1.807, 2.05) is 53.4 Å². The normalized spacial score (nSPS) is 14.5. The Morgan fingerprint density at radius 3 is 2.67 bits per heavy atom. The average Bonchev–Trinajstić information content (AvgIpc) is 3.13. The van der Waals surface area contributed by atoms with Crippen LogP contribution in [0.3, 0.4) is 0 Å². The summed E-state index contributed by atoms with van der Waals surface area (Å²) in [6, 6.07) is 17.9. The summed E-state index contributed by atoms with van der Waals surface area (Å²) in [7, 11) is 1.66. The Kier molecular flexibility index (Phi) is 6.38. The molecule has 1 N–H and O–H groups in total. The number of benzene rings is 2. The van der Waals surface area contributed by atoms with E-state index in [4.69, 9.17) is 4.74 Å². The molecule has 0 bridgehead atoms. The first-order valence-corrected chi connectivity index (χ1v) is 10.9. The molecule has 3 aromatic rings. The van der Waals surface area contributed by atoms with Crippen molar-refractivity contribution in [2.45, 2.75) is 12.8 Å². The monoisotopic (exact) mass is 468 g/mol. The van der Waals surface area contributed by atoms with Crippen molar-refractivity contribution in [3.63, 3.8) is 0 Å². The summed E-state index contributed by atoms with van der Waals surface area (Å²) in [5.74, 6) is 1.92. The van der Waals surface area contributed by atoms with E-state index in [1.54, 1.807) is 7.11 Å². The number of halogens is 1. The number of rotatable bonds is 5. The van der Waals surface area contributed by atoms with Crippen LogP contribution in [0, 0.1) is 0 Å². The lowest BCUT2D eigenvalue weighted by atomic mass is 10.1. The van der Waals surface area contributed by atoms with Crippen molar-refractivity contribution in [2.75, 3.05) is 38.2 Å². The molecule has 1 saturated heterocycles. The largest absolute Gasteiger partial charge is 0.497 e. The van der Waals surface area contributed by atoms with E-state index >= 15 is 0 Å². The van der Waals surface area contributed by atoms with E-state index in [0.717, 1.165) is 58.9 Å². The third-order valence-electron chi connectivity index (χ3n) is 5.44. The van der Waals surface area contributed by atoms with Crippen molar-refractivity contribution in [1.29, 1.82) is 0 Å². The second-order valence-electron chi connectivity index (χ2n) is 7.36. The molecule has 6 nitrogen and oxygen atoms in total. The standard InChI is InChI=1S/C23H25BrN4O2/c1-30-19-9-7-17(8-10-19)21-16-22(26-25-21)27-11-4-12-28(14-13-27)23(29)15-18-5-2-3-6-20(18)24/h2-3,5-10,16H,4,11-15H2,1H3,(H,25,26). The molecule has 0 unspecified atom stereocenters. The summed E-state index contributed by atoms with van der Waals surface area (Å²) in [4.78, 5) is 17.0. The number of hydrogen-bond acceptors (Lipinski definition) is 4. The van der Waals surface area contributed by atoms with E-state index in [-0.39, 0.29) is 5.91 Å². The van der Waals surface area contributed by atoms with Gasteiger partial charge < -0.3 is 14.5 Å². The van der Waals surface area contributed by atoms with Crippen LogP contribution < -0.4 is 9.64 Å². The van der Waals surface area contributed by atoms with Gasteiger partial charge >= 0.3 is 0 Å². The van der Waals surface area contributed by atoms with Crippen LogP contribution >= 0.6 is 15.9 Å². The third-order valence-corrected chi connectivity index (χ3v) is 6.21. The van der Waals surface area contributed by atoms with Crippen LogP contribution in [0.15, 0.2) is 59.1 Å². The molecule has 0 spiro atoms. The number of ether oxygens (including phenoxy) is 1. The molecule has 30 heavy (non-hydrogen) atoms. The van der Waals surface area contributed by atoms with Gasteiger partial charge in [0.05, 0.1) is 19.2 Å². The highest BCUT2D eigenvalue weighted by Crippen LogP contribution is 2.25. The number of nitrogens with one attached hydrogen (secondary N) is 1. The van der Waals surface area contributed by atoms with Gasteiger partial charge in [-0.25, -0.2) is 0 Å². The summed E-state index contributed by atoms with van der Waals surface area (Å²) < 4.78 is 6.21. The maximum absolute atomic E-state index is 12.8. The number of aromatic nitrogens is 2. The Morgan fingerprint density at radius 1 is 1.10 bits per heavy atom. The first-order valence-electron chi connectivity index (χ1n) is 10.1. The Balaban J connectivity index is 1.39. The average molecular weight is 469 g/mol. The number of nitrogens with zero attached hydrogens (tertiary/aromatic N) is 3. The van der Waals surface area contributed by atoms with E-state index in [2.05, 4.69) is 37.1 Å². The molecule has 156 valence electrons. The van der Waals surface area contributed by atoms with Gasteiger partial charge in [-0.3, -0.25) is 9.89 Å². The number of carbonyl (C=O) groups is 1. The second kappa shape index (κ2) is 9.34. The highest BCUT2D eigenvalue weighted by Gasteiger charge is 2.21. The Bertz CT molecular complexity index is 1000. The topological polar surface area (TPSA) is 61.5 Å². The number of anilines is 1. The molecular formula is C23H25BrN4O2. The highest BCUT2D eigenvalue weighted by molar-refractivity contribution is 9.10. The number of H-pyrrole nitrogens is 1. The SMILES string of the molecule is COc1ccc(-c2cc(N3CCCN(C(=O)Cc4ccccc4Br)CC3)n[nH]2)cc1. The Hall–Kier alpha value is -2.80. The molecule has 1 aliphatic heterocycles. The van der Waals surface area contributed by atoms with Gasteiger partial charge in [-0.2, -0.15) is 5.10 Å². The lowest BCUT2D eigenvalue weighted by Crippen LogP contribution is -2.36. The molecule has 0 atom stereocenters. The van der Waals surface area contributed by atoms with Crippen molar-refractivity contribution in [1.82, 2.24) is 15.1 Å². The van der Waals surface area contributed by atoms with Gasteiger partial charge in [0, 0.05) is 36.7 Å². The molecule has 0 aliphatic carbocycles. The van der Waals surface area contributed by atoms with Crippen molar-refractivity contribution in [2.24, 2.45) is 0 Å². The fourth-order valence-corrected chi connectivity index (χ4v) is 4.13. The lowest BCUT2D eigenvalue weighted by Gasteiger charge is -2.22. The van der Waals surface area contributed by atoms with Crippen LogP contribution in [-0.4, -0.2) is 54.3 Å². The molecule has 1 amide bonds. The molecule has 1 aliphatic rings. The van der Waals surface area contributed by atoms with Gasteiger partial charge in [0.25, 0.3) is 0 Å². The van der Waals surface area contributed by atoms with Gasteiger partial charge in [-0.05, 0) is 47.9 Å².